The van der Waals surface area contributed by atoms with Gasteiger partial charge in [0.15, 0.2) is 0 Å². The standard InChI is InChI=1S/C11H7BrO3/c1-2-6-3-11(14)15-10-5-9(13)8(12)4-7(6)10/h2-5,13H,1H2. The first-order valence-electron chi connectivity index (χ1n) is 4.20. The Balaban J connectivity index is 2.97. The molecule has 2 aromatic rings. The Hall–Kier alpha value is -1.55. The van der Waals surface area contributed by atoms with Gasteiger partial charge in [0.05, 0.1) is 4.47 Å². The van der Waals surface area contributed by atoms with Crippen molar-refractivity contribution in [1.29, 1.82) is 0 Å². The molecule has 0 bridgehead atoms. The highest BCUT2D eigenvalue weighted by atomic mass is 79.9. The Bertz CT molecular complexity index is 599. The highest BCUT2D eigenvalue weighted by Crippen LogP contribution is 2.30. The topological polar surface area (TPSA) is 50.4 Å². The van der Waals surface area contributed by atoms with Crippen LogP contribution in [0.15, 0.2) is 38.5 Å². The lowest BCUT2D eigenvalue weighted by molar-refractivity contribution is 0.470. The van der Waals surface area contributed by atoms with Gasteiger partial charge >= 0.3 is 5.63 Å². The maximum absolute atomic E-state index is 11.2. The summed E-state index contributed by atoms with van der Waals surface area (Å²) in [6, 6.07) is 4.44. The lowest BCUT2D eigenvalue weighted by Gasteiger charge is -2.02. The second kappa shape index (κ2) is 3.55. The lowest BCUT2D eigenvalue weighted by Crippen LogP contribution is -1.97. The van der Waals surface area contributed by atoms with Gasteiger partial charge in [0, 0.05) is 17.5 Å². The zero-order valence-electron chi connectivity index (χ0n) is 7.66. The number of phenolic OH excluding ortho intramolecular Hbond substituents is 1. The van der Waals surface area contributed by atoms with Crippen LogP contribution < -0.4 is 5.63 Å². The molecule has 0 aliphatic rings. The van der Waals surface area contributed by atoms with Gasteiger partial charge in [-0.15, -0.1) is 0 Å². The van der Waals surface area contributed by atoms with E-state index in [0.717, 1.165) is 5.39 Å². The molecule has 3 nitrogen and oxygen atoms in total. The fourth-order valence-corrected chi connectivity index (χ4v) is 1.71. The minimum Gasteiger partial charge on any atom is -0.507 e. The zero-order chi connectivity index (χ0) is 11.0. The minimum absolute atomic E-state index is 0.0341. The van der Waals surface area contributed by atoms with Crippen LogP contribution in [0.4, 0.5) is 0 Å². The summed E-state index contributed by atoms with van der Waals surface area (Å²) in [6.07, 6.45) is 1.57. The molecule has 76 valence electrons. The molecule has 0 aliphatic heterocycles. The number of fused-ring (bicyclic) bond motifs is 1. The van der Waals surface area contributed by atoms with Crippen LogP contribution in [0.1, 0.15) is 5.56 Å². The molecule has 1 aromatic heterocycles. The van der Waals surface area contributed by atoms with Crippen LogP contribution in [-0.4, -0.2) is 5.11 Å². The Kier molecular flexibility index (Phi) is 2.36. The van der Waals surface area contributed by atoms with Gasteiger partial charge in [0.1, 0.15) is 11.3 Å². The molecular weight excluding hydrogens is 260 g/mol. The van der Waals surface area contributed by atoms with Crippen LogP contribution >= 0.6 is 15.9 Å². The molecule has 15 heavy (non-hydrogen) atoms. The van der Waals surface area contributed by atoms with E-state index < -0.39 is 5.63 Å². The summed E-state index contributed by atoms with van der Waals surface area (Å²) in [7, 11) is 0. The van der Waals surface area contributed by atoms with E-state index in [4.69, 9.17) is 4.42 Å². The summed E-state index contributed by atoms with van der Waals surface area (Å²) in [6.45, 7) is 3.62. The van der Waals surface area contributed by atoms with Crippen molar-refractivity contribution in [2.75, 3.05) is 0 Å². The molecule has 1 N–H and O–H groups in total. The van der Waals surface area contributed by atoms with E-state index in [-0.39, 0.29) is 5.75 Å². The molecule has 0 spiro atoms. The number of benzene rings is 1. The van der Waals surface area contributed by atoms with E-state index in [0.29, 0.717) is 15.6 Å². The van der Waals surface area contributed by atoms with Crippen molar-refractivity contribution < 1.29 is 9.52 Å². The van der Waals surface area contributed by atoms with E-state index in [9.17, 15) is 9.90 Å². The highest BCUT2D eigenvalue weighted by Gasteiger charge is 2.07. The van der Waals surface area contributed by atoms with Gasteiger partial charge < -0.3 is 9.52 Å². The summed E-state index contributed by atoms with van der Waals surface area (Å²) in [5, 5.41) is 10.2. The van der Waals surface area contributed by atoms with Gasteiger partial charge in [-0.3, -0.25) is 0 Å². The molecule has 0 saturated heterocycles. The summed E-state index contributed by atoms with van der Waals surface area (Å²) in [5.41, 5.74) is 0.569. The third-order valence-corrected chi connectivity index (χ3v) is 2.70. The smallest absolute Gasteiger partial charge is 0.336 e. The Morgan fingerprint density at radius 2 is 2.13 bits per heavy atom. The van der Waals surface area contributed by atoms with Crippen molar-refractivity contribution in [3.05, 3.63) is 45.2 Å². The van der Waals surface area contributed by atoms with Gasteiger partial charge in [0.25, 0.3) is 0 Å². The molecule has 0 aliphatic carbocycles. The number of phenols is 1. The van der Waals surface area contributed by atoms with Crippen LogP contribution in [-0.2, 0) is 0 Å². The van der Waals surface area contributed by atoms with Gasteiger partial charge in [-0.05, 0) is 27.6 Å². The molecule has 0 unspecified atom stereocenters. The number of aromatic hydroxyl groups is 1. The van der Waals surface area contributed by atoms with Crippen LogP contribution in [0.3, 0.4) is 0 Å². The maximum Gasteiger partial charge on any atom is 0.336 e. The first kappa shape index (κ1) is 9.98. The Labute approximate surface area is 93.8 Å². The second-order valence-corrected chi connectivity index (χ2v) is 3.88. The normalized spacial score (nSPS) is 10.5. The summed E-state index contributed by atoms with van der Waals surface area (Å²) in [4.78, 5) is 11.2. The average molecular weight is 267 g/mol. The zero-order valence-corrected chi connectivity index (χ0v) is 9.24. The quantitative estimate of drug-likeness (QED) is 0.808. The van der Waals surface area contributed by atoms with E-state index >= 15 is 0 Å². The molecular formula is C11H7BrO3. The first-order valence-corrected chi connectivity index (χ1v) is 5.00. The second-order valence-electron chi connectivity index (χ2n) is 3.02. The monoisotopic (exact) mass is 266 g/mol. The van der Waals surface area contributed by atoms with Crippen LogP contribution in [0, 0.1) is 0 Å². The molecule has 1 aromatic carbocycles. The summed E-state index contributed by atoms with van der Waals surface area (Å²) >= 11 is 3.19. The first-order chi connectivity index (χ1) is 7.11. The number of rotatable bonds is 1. The van der Waals surface area contributed by atoms with Crippen molar-refractivity contribution in [1.82, 2.24) is 0 Å². The summed E-state index contributed by atoms with van der Waals surface area (Å²) in [5.74, 6) is 0.0341. The van der Waals surface area contributed by atoms with Gasteiger partial charge in [-0.25, -0.2) is 4.79 Å². The van der Waals surface area contributed by atoms with Crippen LogP contribution in [0.5, 0.6) is 5.75 Å². The summed E-state index contributed by atoms with van der Waals surface area (Å²) < 4.78 is 5.50. The molecule has 0 amide bonds. The number of halogens is 1. The van der Waals surface area contributed by atoms with Crippen molar-refractivity contribution in [2.45, 2.75) is 0 Å². The maximum atomic E-state index is 11.2. The molecule has 2 rings (SSSR count). The predicted molar refractivity (Wildman–Crippen MR) is 61.9 cm³/mol. The molecule has 0 saturated carbocycles. The van der Waals surface area contributed by atoms with E-state index in [1.807, 2.05) is 0 Å². The fourth-order valence-electron chi connectivity index (χ4n) is 1.36. The Morgan fingerprint density at radius 1 is 1.40 bits per heavy atom. The van der Waals surface area contributed by atoms with Crippen molar-refractivity contribution in [3.8, 4) is 5.75 Å². The third kappa shape index (κ3) is 1.68. The van der Waals surface area contributed by atoms with Crippen molar-refractivity contribution in [3.63, 3.8) is 0 Å². The fraction of sp³-hybridized carbons (Fsp3) is 0. The SMILES string of the molecule is C=Cc1cc(=O)oc2cc(O)c(Br)cc12. The van der Waals surface area contributed by atoms with Gasteiger partial charge in [-0.1, -0.05) is 12.7 Å². The molecule has 1 heterocycles. The molecule has 0 fully saturated rings. The largest absolute Gasteiger partial charge is 0.507 e. The van der Waals surface area contributed by atoms with Crippen molar-refractivity contribution in [2.24, 2.45) is 0 Å². The predicted octanol–water partition coefficient (Wildman–Crippen LogP) is 2.90. The average Bonchev–Trinajstić information content (AvgIpc) is 2.19. The Morgan fingerprint density at radius 3 is 2.80 bits per heavy atom. The van der Waals surface area contributed by atoms with Gasteiger partial charge in [-0.2, -0.15) is 0 Å². The van der Waals surface area contributed by atoms with Crippen LogP contribution in [0.2, 0.25) is 0 Å². The number of hydrogen-bond donors (Lipinski definition) is 1. The molecule has 4 heteroatoms. The number of hydrogen-bond acceptors (Lipinski definition) is 3. The highest BCUT2D eigenvalue weighted by molar-refractivity contribution is 9.10. The van der Waals surface area contributed by atoms with E-state index in [1.165, 1.54) is 12.1 Å². The molecule has 0 atom stereocenters. The molecule has 0 radical (unpaired) electrons. The van der Waals surface area contributed by atoms with E-state index in [2.05, 4.69) is 22.5 Å². The lowest BCUT2D eigenvalue weighted by atomic mass is 10.1. The third-order valence-electron chi connectivity index (χ3n) is 2.06. The van der Waals surface area contributed by atoms with Crippen molar-refractivity contribution >= 4 is 33.0 Å². The minimum atomic E-state index is -0.459. The van der Waals surface area contributed by atoms with Crippen LogP contribution in [0.25, 0.3) is 17.0 Å². The van der Waals surface area contributed by atoms with E-state index in [1.54, 1.807) is 12.1 Å². The van der Waals surface area contributed by atoms with Gasteiger partial charge in [0.2, 0.25) is 0 Å².